The molecule has 0 radical (unpaired) electrons. The number of aryl methyl sites for hydroxylation is 3. The van der Waals surface area contributed by atoms with Gasteiger partial charge in [-0.05, 0) is 73.4 Å². The number of amides is 1. The maximum Gasteiger partial charge on any atom is 0.224 e. The SMILES string of the molecule is CCOc1ccc(CCC(=O)Nc2ccc3c4c(cccc24)CC3)cc1OCC. The number of nitrogens with one attached hydrogen (secondary N) is 1. The minimum Gasteiger partial charge on any atom is -0.490 e. The van der Waals surface area contributed by atoms with Crippen molar-refractivity contribution in [2.75, 3.05) is 18.5 Å². The molecule has 0 atom stereocenters. The van der Waals surface area contributed by atoms with Crippen LogP contribution in [0.15, 0.2) is 48.5 Å². The van der Waals surface area contributed by atoms with Gasteiger partial charge in [-0.2, -0.15) is 0 Å². The van der Waals surface area contributed by atoms with Crippen LogP contribution in [0.4, 0.5) is 5.69 Å². The van der Waals surface area contributed by atoms with E-state index in [0.29, 0.717) is 26.1 Å². The lowest BCUT2D eigenvalue weighted by atomic mass is 10.0. The molecule has 0 aliphatic heterocycles. The fourth-order valence-electron chi connectivity index (χ4n) is 4.08. The molecule has 4 heteroatoms. The standard InChI is InChI=1S/C25H27NO3/c1-3-28-22-14-8-17(16-23(22)29-4-2)9-15-24(27)26-21-13-12-19-11-10-18-6-5-7-20(21)25(18)19/h5-8,12-14,16H,3-4,9-11,15H2,1-2H3,(H,26,27). The summed E-state index contributed by atoms with van der Waals surface area (Å²) in [5.41, 5.74) is 4.73. The third-order valence-electron chi connectivity index (χ3n) is 5.40. The molecule has 0 heterocycles. The largest absolute Gasteiger partial charge is 0.490 e. The van der Waals surface area contributed by atoms with E-state index in [2.05, 4.69) is 29.6 Å². The summed E-state index contributed by atoms with van der Waals surface area (Å²) in [6.07, 6.45) is 3.25. The Morgan fingerprint density at radius 3 is 2.48 bits per heavy atom. The molecular formula is C25H27NO3. The van der Waals surface area contributed by atoms with Crippen LogP contribution in [0.2, 0.25) is 0 Å². The van der Waals surface area contributed by atoms with Gasteiger partial charge in [0.2, 0.25) is 5.91 Å². The zero-order chi connectivity index (χ0) is 20.2. The summed E-state index contributed by atoms with van der Waals surface area (Å²) in [7, 11) is 0. The highest BCUT2D eigenvalue weighted by Crippen LogP contribution is 2.35. The average molecular weight is 389 g/mol. The molecule has 3 aromatic rings. The third-order valence-corrected chi connectivity index (χ3v) is 5.40. The molecule has 4 rings (SSSR count). The van der Waals surface area contributed by atoms with Gasteiger partial charge in [0.15, 0.2) is 11.5 Å². The second kappa shape index (κ2) is 8.56. The Balaban J connectivity index is 1.45. The van der Waals surface area contributed by atoms with E-state index in [1.807, 2.05) is 38.1 Å². The summed E-state index contributed by atoms with van der Waals surface area (Å²) in [5, 5.41) is 5.58. The first-order valence-corrected chi connectivity index (χ1v) is 10.4. The Hall–Kier alpha value is -3.01. The van der Waals surface area contributed by atoms with E-state index in [9.17, 15) is 4.79 Å². The fraction of sp³-hybridized carbons (Fsp3) is 0.320. The Labute approximate surface area is 171 Å². The van der Waals surface area contributed by atoms with Crippen LogP contribution in [0.25, 0.3) is 10.8 Å². The van der Waals surface area contributed by atoms with Crippen LogP contribution in [-0.4, -0.2) is 19.1 Å². The summed E-state index contributed by atoms with van der Waals surface area (Å²) < 4.78 is 11.3. The monoisotopic (exact) mass is 389 g/mol. The van der Waals surface area contributed by atoms with Gasteiger partial charge in [0.05, 0.1) is 13.2 Å². The van der Waals surface area contributed by atoms with E-state index in [4.69, 9.17) is 9.47 Å². The lowest BCUT2D eigenvalue weighted by Gasteiger charge is -2.13. The van der Waals surface area contributed by atoms with E-state index in [0.717, 1.165) is 41.0 Å². The molecule has 4 nitrogen and oxygen atoms in total. The van der Waals surface area contributed by atoms with Crippen molar-refractivity contribution >= 4 is 22.4 Å². The summed E-state index contributed by atoms with van der Waals surface area (Å²) in [6, 6.07) is 16.4. The van der Waals surface area contributed by atoms with E-state index in [1.165, 1.54) is 16.5 Å². The molecule has 1 aliphatic carbocycles. The van der Waals surface area contributed by atoms with Crippen LogP contribution in [0.5, 0.6) is 11.5 Å². The molecule has 0 spiro atoms. The number of benzene rings is 3. The van der Waals surface area contributed by atoms with Crippen molar-refractivity contribution < 1.29 is 14.3 Å². The van der Waals surface area contributed by atoms with E-state index >= 15 is 0 Å². The zero-order valence-corrected chi connectivity index (χ0v) is 17.1. The normalized spacial score (nSPS) is 12.2. The molecule has 0 unspecified atom stereocenters. The van der Waals surface area contributed by atoms with Gasteiger partial charge < -0.3 is 14.8 Å². The molecule has 1 N–H and O–H groups in total. The van der Waals surface area contributed by atoms with Crippen LogP contribution in [0.3, 0.4) is 0 Å². The molecule has 0 aromatic heterocycles. The number of ether oxygens (including phenoxy) is 2. The smallest absolute Gasteiger partial charge is 0.224 e. The summed E-state index contributed by atoms with van der Waals surface area (Å²) in [5.74, 6) is 1.51. The Kier molecular flexibility index (Phi) is 5.70. The van der Waals surface area contributed by atoms with Crippen LogP contribution < -0.4 is 14.8 Å². The Bertz CT molecular complexity index is 1030. The van der Waals surface area contributed by atoms with E-state index in [1.54, 1.807) is 0 Å². The molecular weight excluding hydrogens is 362 g/mol. The molecule has 1 amide bonds. The lowest BCUT2D eigenvalue weighted by molar-refractivity contribution is -0.116. The average Bonchev–Trinajstić information content (AvgIpc) is 3.15. The minimum absolute atomic E-state index is 0.0237. The number of carbonyl (C=O) groups is 1. The van der Waals surface area contributed by atoms with Gasteiger partial charge in [-0.15, -0.1) is 0 Å². The molecule has 0 saturated heterocycles. The van der Waals surface area contributed by atoms with Crippen molar-refractivity contribution in [2.24, 2.45) is 0 Å². The molecule has 150 valence electrons. The van der Waals surface area contributed by atoms with Crippen LogP contribution >= 0.6 is 0 Å². The molecule has 0 fully saturated rings. The molecule has 3 aromatic carbocycles. The summed E-state index contributed by atoms with van der Waals surface area (Å²) >= 11 is 0. The van der Waals surface area contributed by atoms with Crippen molar-refractivity contribution in [1.29, 1.82) is 0 Å². The maximum atomic E-state index is 12.6. The molecule has 29 heavy (non-hydrogen) atoms. The van der Waals surface area contributed by atoms with Gasteiger partial charge >= 0.3 is 0 Å². The number of hydrogen-bond donors (Lipinski definition) is 1. The van der Waals surface area contributed by atoms with Crippen LogP contribution in [0, 0.1) is 0 Å². The van der Waals surface area contributed by atoms with Crippen molar-refractivity contribution in [1.82, 2.24) is 0 Å². The van der Waals surface area contributed by atoms with Gasteiger partial charge in [-0.25, -0.2) is 0 Å². The predicted octanol–water partition coefficient (Wildman–Crippen LogP) is 5.31. The first-order valence-electron chi connectivity index (χ1n) is 10.4. The first kappa shape index (κ1) is 19.3. The van der Waals surface area contributed by atoms with Crippen LogP contribution in [0.1, 0.15) is 37.0 Å². The Morgan fingerprint density at radius 1 is 0.931 bits per heavy atom. The van der Waals surface area contributed by atoms with Gasteiger partial charge in [0.1, 0.15) is 0 Å². The summed E-state index contributed by atoms with van der Waals surface area (Å²) in [6.45, 7) is 5.08. The van der Waals surface area contributed by atoms with E-state index < -0.39 is 0 Å². The van der Waals surface area contributed by atoms with Crippen molar-refractivity contribution in [3.8, 4) is 11.5 Å². The van der Waals surface area contributed by atoms with Crippen molar-refractivity contribution in [3.63, 3.8) is 0 Å². The van der Waals surface area contributed by atoms with Gasteiger partial charge in [0.25, 0.3) is 0 Å². The molecule has 1 aliphatic rings. The summed E-state index contributed by atoms with van der Waals surface area (Å²) in [4.78, 5) is 12.6. The van der Waals surface area contributed by atoms with Crippen molar-refractivity contribution in [2.45, 2.75) is 39.5 Å². The van der Waals surface area contributed by atoms with Crippen molar-refractivity contribution in [3.05, 3.63) is 65.2 Å². The molecule has 0 bridgehead atoms. The number of rotatable bonds is 8. The highest BCUT2D eigenvalue weighted by molar-refractivity contribution is 6.05. The number of hydrogen-bond acceptors (Lipinski definition) is 3. The first-order chi connectivity index (χ1) is 14.2. The number of carbonyl (C=O) groups excluding carboxylic acids is 1. The second-order valence-electron chi connectivity index (χ2n) is 7.31. The quantitative estimate of drug-likeness (QED) is 0.568. The fourth-order valence-corrected chi connectivity index (χ4v) is 4.08. The molecule has 0 saturated carbocycles. The Morgan fingerprint density at radius 2 is 1.69 bits per heavy atom. The topological polar surface area (TPSA) is 47.6 Å². The van der Waals surface area contributed by atoms with Crippen LogP contribution in [-0.2, 0) is 24.1 Å². The highest BCUT2D eigenvalue weighted by atomic mass is 16.5. The minimum atomic E-state index is 0.0237. The lowest BCUT2D eigenvalue weighted by Crippen LogP contribution is -2.12. The predicted molar refractivity (Wildman–Crippen MR) is 117 cm³/mol. The van der Waals surface area contributed by atoms with Gasteiger partial charge in [-0.1, -0.05) is 30.3 Å². The zero-order valence-electron chi connectivity index (χ0n) is 17.1. The van der Waals surface area contributed by atoms with Gasteiger partial charge in [-0.3, -0.25) is 4.79 Å². The van der Waals surface area contributed by atoms with Gasteiger partial charge in [0, 0.05) is 17.5 Å². The second-order valence-corrected chi connectivity index (χ2v) is 7.31. The number of anilines is 1. The highest BCUT2D eigenvalue weighted by Gasteiger charge is 2.16. The van der Waals surface area contributed by atoms with E-state index in [-0.39, 0.29) is 5.91 Å². The maximum absolute atomic E-state index is 12.6. The third kappa shape index (κ3) is 4.07.